The molecule has 0 saturated carbocycles. The van der Waals surface area contributed by atoms with Crippen molar-refractivity contribution in [3.8, 4) is 11.4 Å². The van der Waals surface area contributed by atoms with Gasteiger partial charge in [0.15, 0.2) is 5.11 Å². The fourth-order valence-corrected chi connectivity index (χ4v) is 2.94. The maximum absolute atomic E-state index is 5.36. The number of para-hydroxylation sites is 2. The van der Waals surface area contributed by atoms with Gasteiger partial charge >= 0.3 is 0 Å². The number of nitrogens with one attached hydrogen (secondary N) is 3. The Morgan fingerprint density at radius 1 is 0.885 bits per heavy atom. The van der Waals surface area contributed by atoms with Crippen molar-refractivity contribution in [3.05, 3.63) is 84.4 Å². The maximum Gasteiger partial charge on any atom is 0.171 e. The van der Waals surface area contributed by atoms with E-state index in [0.717, 1.165) is 28.1 Å². The van der Waals surface area contributed by atoms with E-state index in [1.807, 2.05) is 66.7 Å². The Morgan fingerprint density at radius 2 is 1.62 bits per heavy atom. The number of anilines is 1. The van der Waals surface area contributed by atoms with E-state index in [4.69, 9.17) is 12.2 Å². The van der Waals surface area contributed by atoms with E-state index in [9.17, 15) is 0 Å². The van der Waals surface area contributed by atoms with E-state index in [0.29, 0.717) is 11.7 Å². The Morgan fingerprint density at radius 3 is 2.38 bits per heavy atom. The summed E-state index contributed by atoms with van der Waals surface area (Å²) in [5, 5.41) is 7.02. The number of nitrogens with zero attached hydrogens (tertiary/aromatic N) is 1. The second-order valence-corrected chi connectivity index (χ2v) is 6.38. The highest BCUT2D eigenvalue weighted by atomic mass is 32.1. The van der Waals surface area contributed by atoms with Gasteiger partial charge in [-0.05, 0) is 54.2 Å². The summed E-state index contributed by atoms with van der Waals surface area (Å²) >= 11 is 5.36. The molecule has 3 N–H and O–H groups in total. The van der Waals surface area contributed by atoms with E-state index in [1.165, 1.54) is 5.56 Å². The van der Waals surface area contributed by atoms with Crippen molar-refractivity contribution in [1.82, 2.24) is 15.3 Å². The first-order valence-corrected chi connectivity index (χ1v) is 8.83. The molecule has 3 aromatic carbocycles. The molecule has 0 aliphatic heterocycles. The third-order valence-electron chi connectivity index (χ3n) is 4.10. The van der Waals surface area contributed by atoms with Crippen LogP contribution in [0.3, 0.4) is 0 Å². The molecule has 1 heterocycles. The summed E-state index contributed by atoms with van der Waals surface area (Å²) in [5.74, 6) is 0.863. The molecule has 128 valence electrons. The van der Waals surface area contributed by atoms with Crippen LogP contribution < -0.4 is 10.6 Å². The van der Waals surface area contributed by atoms with E-state index < -0.39 is 0 Å². The summed E-state index contributed by atoms with van der Waals surface area (Å²) in [7, 11) is 0. The Labute approximate surface area is 157 Å². The molecule has 0 aliphatic carbocycles. The first kappa shape index (κ1) is 16.3. The average Bonchev–Trinajstić information content (AvgIpc) is 3.12. The number of rotatable bonds is 4. The highest BCUT2D eigenvalue weighted by Gasteiger charge is 2.05. The van der Waals surface area contributed by atoms with Crippen LogP contribution in [0.1, 0.15) is 5.56 Å². The van der Waals surface area contributed by atoms with Crippen molar-refractivity contribution in [2.24, 2.45) is 0 Å². The van der Waals surface area contributed by atoms with Gasteiger partial charge in [0.05, 0.1) is 11.0 Å². The molecule has 1 aromatic heterocycles. The lowest BCUT2D eigenvalue weighted by molar-refractivity contribution is 0.926. The lowest BCUT2D eigenvalue weighted by Gasteiger charge is -2.11. The number of benzene rings is 3. The molecule has 0 spiro atoms. The second-order valence-electron chi connectivity index (χ2n) is 5.97. The van der Waals surface area contributed by atoms with Crippen LogP contribution in [0.2, 0.25) is 0 Å². The van der Waals surface area contributed by atoms with E-state index in [-0.39, 0.29) is 0 Å². The van der Waals surface area contributed by atoms with Crippen LogP contribution in [0.25, 0.3) is 22.4 Å². The fourth-order valence-electron chi connectivity index (χ4n) is 2.75. The van der Waals surface area contributed by atoms with Crippen molar-refractivity contribution in [1.29, 1.82) is 0 Å². The van der Waals surface area contributed by atoms with Crippen LogP contribution >= 0.6 is 12.2 Å². The topological polar surface area (TPSA) is 52.7 Å². The number of aromatic nitrogens is 2. The van der Waals surface area contributed by atoms with Crippen molar-refractivity contribution in [3.63, 3.8) is 0 Å². The minimum Gasteiger partial charge on any atom is -0.358 e. The molecule has 0 amide bonds. The fraction of sp³-hybridized carbons (Fsp3) is 0.0476. The SMILES string of the molecule is S=C(NCc1ccccc1)Nc1ccc(-c2nc3ccccc3[nH]2)cc1. The zero-order valence-electron chi connectivity index (χ0n) is 14.1. The summed E-state index contributed by atoms with van der Waals surface area (Å²) in [6.45, 7) is 0.698. The van der Waals surface area contributed by atoms with E-state index >= 15 is 0 Å². The summed E-state index contributed by atoms with van der Waals surface area (Å²) in [4.78, 5) is 7.96. The number of thiocarbonyl (C=S) groups is 1. The Hall–Kier alpha value is -3.18. The number of hydrogen-bond acceptors (Lipinski definition) is 2. The Balaban J connectivity index is 1.40. The zero-order chi connectivity index (χ0) is 17.8. The van der Waals surface area contributed by atoms with Crippen molar-refractivity contribution < 1.29 is 0 Å². The van der Waals surface area contributed by atoms with Gasteiger partial charge in [-0.3, -0.25) is 0 Å². The average molecular weight is 358 g/mol. The van der Waals surface area contributed by atoms with E-state index in [1.54, 1.807) is 0 Å². The van der Waals surface area contributed by atoms with Crippen LogP contribution in [0, 0.1) is 0 Å². The zero-order valence-corrected chi connectivity index (χ0v) is 14.9. The second kappa shape index (κ2) is 7.37. The Bertz CT molecular complexity index is 990. The molecule has 4 rings (SSSR count). The number of imidazole rings is 1. The summed E-state index contributed by atoms with van der Waals surface area (Å²) in [6.07, 6.45) is 0. The van der Waals surface area contributed by atoms with Gasteiger partial charge in [-0.25, -0.2) is 4.98 Å². The standard InChI is InChI=1S/C21H18N4S/c26-21(22-14-15-6-2-1-3-7-15)23-17-12-10-16(11-13-17)20-24-18-8-4-5-9-19(18)25-20/h1-13H,14H2,(H,24,25)(H2,22,23,26). The monoisotopic (exact) mass is 358 g/mol. The molecule has 5 heteroatoms. The van der Waals surface area contributed by atoms with Gasteiger partial charge in [0.2, 0.25) is 0 Å². The first-order valence-electron chi connectivity index (χ1n) is 8.42. The molecule has 0 bridgehead atoms. The van der Waals surface area contributed by atoms with Gasteiger partial charge in [0, 0.05) is 17.8 Å². The minimum absolute atomic E-state index is 0.602. The van der Waals surface area contributed by atoms with Crippen LogP contribution in [-0.4, -0.2) is 15.1 Å². The smallest absolute Gasteiger partial charge is 0.171 e. The predicted molar refractivity (Wildman–Crippen MR) is 111 cm³/mol. The van der Waals surface area contributed by atoms with E-state index in [2.05, 4.69) is 32.7 Å². The van der Waals surface area contributed by atoms with Crippen molar-refractivity contribution >= 4 is 34.1 Å². The third-order valence-corrected chi connectivity index (χ3v) is 4.35. The molecule has 0 atom stereocenters. The van der Waals surface area contributed by atoms with Gasteiger partial charge in [-0.2, -0.15) is 0 Å². The van der Waals surface area contributed by atoms with Crippen LogP contribution in [-0.2, 0) is 6.54 Å². The molecule has 0 radical (unpaired) electrons. The lowest BCUT2D eigenvalue weighted by Crippen LogP contribution is -2.27. The van der Waals surface area contributed by atoms with Crippen molar-refractivity contribution in [2.75, 3.05) is 5.32 Å². The Kier molecular flexibility index (Phi) is 4.62. The third kappa shape index (κ3) is 3.73. The molecular formula is C21H18N4S. The van der Waals surface area contributed by atoms with Gasteiger partial charge in [-0.1, -0.05) is 42.5 Å². The molecule has 26 heavy (non-hydrogen) atoms. The molecular weight excluding hydrogens is 340 g/mol. The maximum atomic E-state index is 5.36. The highest BCUT2D eigenvalue weighted by Crippen LogP contribution is 2.22. The normalized spacial score (nSPS) is 10.6. The quantitative estimate of drug-likeness (QED) is 0.462. The largest absolute Gasteiger partial charge is 0.358 e. The van der Waals surface area contributed by atoms with Gasteiger partial charge in [0.25, 0.3) is 0 Å². The van der Waals surface area contributed by atoms with Crippen LogP contribution in [0.4, 0.5) is 5.69 Å². The molecule has 4 aromatic rings. The lowest BCUT2D eigenvalue weighted by atomic mass is 10.2. The van der Waals surface area contributed by atoms with Crippen LogP contribution in [0.5, 0.6) is 0 Å². The number of aromatic amines is 1. The predicted octanol–water partition coefficient (Wildman–Crippen LogP) is 4.72. The highest BCUT2D eigenvalue weighted by molar-refractivity contribution is 7.80. The number of H-pyrrole nitrogens is 1. The van der Waals surface area contributed by atoms with Gasteiger partial charge < -0.3 is 15.6 Å². The van der Waals surface area contributed by atoms with Crippen LogP contribution in [0.15, 0.2) is 78.9 Å². The molecule has 0 fully saturated rings. The van der Waals surface area contributed by atoms with Crippen molar-refractivity contribution in [2.45, 2.75) is 6.54 Å². The number of hydrogen-bond donors (Lipinski definition) is 3. The first-order chi connectivity index (χ1) is 12.8. The summed E-state index contributed by atoms with van der Waals surface area (Å²) in [5.41, 5.74) is 5.18. The van der Waals surface area contributed by atoms with Gasteiger partial charge in [-0.15, -0.1) is 0 Å². The molecule has 0 saturated heterocycles. The van der Waals surface area contributed by atoms with Gasteiger partial charge in [0.1, 0.15) is 5.82 Å². The minimum atomic E-state index is 0.602. The summed E-state index contributed by atoms with van der Waals surface area (Å²) < 4.78 is 0. The summed E-state index contributed by atoms with van der Waals surface area (Å²) in [6, 6.07) is 26.2. The number of fused-ring (bicyclic) bond motifs is 1. The molecule has 0 unspecified atom stereocenters. The molecule has 4 nitrogen and oxygen atoms in total. The molecule has 0 aliphatic rings.